The van der Waals surface area contributed by atoms with Crippen LogP contribution in [0.5, 0.6) is 0 Å². The van der Waals surface area contributed by atoms with Crippen LogP contribution in [0.25, 0.3) is 0 Å². The van der Waals surface area contributed by atoms with E-state index in [-0.39, 0.29) is 11.8 Å². The highest BCUT2D eigenvalue weighted by atomic mass is 35.5. The summed E-state index contributed by atoms with van der Waals surface area (Å²) < 4.78 is 10.5. The number of carbonyl (C=O) groups is 1. The zero-order valence-electron chi connectivity index (χ0n) is 9.99. The number of furan rings is 1. The largest absolute Gasteiger partial charge is 0.456 e. The normalized spacial score (nSPS) is 10.6. The molecule has 0 atom stereocenters. The third-order valence-electron chi connectivity index (χ3n) is 2.38. The monoisotopic (exact) mass is 269 g/mol. The number of aryl methyl sites for hydroxylation is 2. The maximum atomic E-state index is 11.8. The Morgan fingerprint density at radius 1 is 1.44 bits per heavy atom. The van der Waals surface area contributed by atoms with Crippen LogP contribution in [-0.2, 0) is 12.3 Å². The molecule has 0 saturated heterocycles. The number of carbonyl (C=O) groups excluding carboxylic acids is 1. The van der Waals surface area contributed by atoms with Crippen LogP contribution in [0, 0.1) is 6.92 Å². The van der Waals surface area contributed by atoms with Crippen LogP contribution in [0.4, 0.5) is 6.01 Å². The van der Waals surface area contributed by atoms with E-state index in [4.69, 9.17) is 20.4 Å². The molecular weight excluding hydrogens is 258 g/mol. The van der Waals surface area contributed by atoms with Gasteiger partial charge in [0.2, 0.25) is 5.89 Å². The van der Waals surface area contributed by atoms with Crippen molar-refractivity contribution in [3.63, 3.8) is 0 Å². The number of alkyl halides is 1. The molecule has 2 heterocycles. The van der Waals surface area contributed by atoms with Crippen LogP contribution >= 0.6 is 11.6 Å². The molecule has 2 rings (SSSR count). The fraction of sp³-hybridized carbons (Fsp3) is 0.364. The summed E-state index contributed by atoms with van der Waals surface area (Å²) in [6.45, 7) is 3.62. The second-order valence-corrected chi connectivity index (χ2v) is 3.90. The average Bonchev–Trinajstić information content (AvgIpc) is 2.95. The summed E-state index contributed by atoms with van der Waals surface area (Å²) in [4.78, 5) is 11.8. The molecule has 0 aliphatic heterocycles. The number of halogens is 1. The molecular formula is C11H12ClN3O3. The van der Waals surface area contributed by atoms with Crippen molar-refractivity contribution in [2.24, 2.45) is 0 Å². The summed E-state index contributed by atoms with van der Waals surface area (Å²) in [5.41, 5.74) is 0.779. The Morgan fingerprint density at radius 2 is 2.22 bits per heavy atom. The SMILES string of the molecule is CCc1nnc(NC(=O)c2cc(CCl)c(C)o2)o1. The Balaban J connectivity index is 2.11. The van der Waals surface area contributed by atoms with E-state index in [0.717, 1.165) is 5.56 Å². The molecule has 1 amide bonds. The van der Waals surface area contributed by atoms with Gasteiger partial charge in [0.05, 0.1) is 5.88 Å². The first kappa shape index (κ1) is 12.6. The zero-order chi connectivity index (χ0) is 13.1. The molecule has 2 aromatic rings. The lowest BCUT2D eigenvalue weighted by Crippen LogP contribution is -2.11. The predicted molar refractivity (Wildman–Crippen MR) is 64.6 cm³/mol. The molecule has 0 bridgehead atoms. The lowest BCUT2D eigenvalue weighted by molar-refractivity contribution is 0.0992. The van der Waals surface area contributed by atoms with E-state index in [0.29, 0.717) is 24.0 Å². The molecule has 0 aliphatic carbocycles. The van der Waals surface area contributed by atoms with E-state index in [9.17, 15) is 4.79 Å². The number of nitrogens with one attached hydrogen (secondary N) is 1. The maximum Gasteiger partial charge on any atom is 0.322 e. The van der Waals surface area contributed by atoms with Crippen molar-refractivity contribution in [2.75, 3.05) is 5.32 Å². The first-order chi connectivity index (χ1) is 8.63. The Bertz CT molecular complexity index is 562. The quantitative estimate of drug-likeness (QED) is 0.863. The highest BCUT2D eigenvalue weighted by Gasteiger charge is 2.16. The standard InChI is InChI=1S/C11H12ClN3O3/c1-3-9-14-15-11(18-9)13-10(16)8-4-7(5-12)6(2)17-8/h4H,3,5H2,1-2H3,(H,13,15,16). The summed E-state index contributed by atoms with van der Waals surface area (Å²) in [6, 6.07) is 1.65. The number of hydrogen-bond donors (Lipinski definition) is 1. The fourth-order valence-corrected chi connectivity index (χ4v) is 1.64. The Labute approximate surface area is 108 Å². The number of anilines is 1. The van der Waals surface area contributed by atoms with Crippen molar-refractivity contribution in [1.29, 1.82) is 0 Å². The molecule has 18 heavy (non-hydrogen) atoms. The minimum Gasteiger partial charge on any atom is -0.456 e. The Morgan fingerprint density at radius 3 is 2.78 bits per heavy atom. The van der Waals surface area contributed by atoms with Crippen molar-refractivity contribution < 1.29 is 13.6 Å². The van der Waals surface area contributed by atoms with Gasteiger partial charge in [-0.15, -0.1) is 16.7 Å². The van der Waals surface area contributed by atoms with Gasteiger partial charge in [-0.25, -0.2) is 0 Å². The first-order valence-corrected chi connectivity index (χ1v) is 5.96. The third-order valence-corrected chi connectivity index (χ3v) is 2.67. The summed E-state index contributed by atoms with van der Waals surface area (Å²) in [5, 5.41) is 9.88. The molecule has 6 nitrogen and oxygen atoms in total. The van der Waals surface area contributed by atoms with Crippen molar-refractivity contribution in [1.82, 2.24) is 10.2 Å². The Hall–Kier alpha value is -1.82. The average molecular weight is 270 g/mol. The van der Waals surface area contributed by atoms with Gasteiger partial charge in [0, 0.05) is 12.0 Å². The van der Waals surface area contributed by atoms with Crippen LogP contribution < -0.4 is 5.32 Å². The van der Waals surface area contributed by atoms with Gasteiger partial charge in [-0.2, -0.15) is 0 Å². The first-order valence-electron chi connectivity index (χ1n) is 5.43. The van der Waals surface area contributed by atoms with Crippen molar-refractivity contribution in [3.05, 3.63) is 29.0 Å². The van der Waals surface area contributed by atoms with Crippen molar-refractivity contribution >= 4 is 23.5 Å². The smallest absolute Gasteiger partial charge is 0.322 e. The molecule has 0 aromatic carbocycles. The minimum atomic E-state index is -0.444. The van der Waals surface area contributed by atoms with E-state index in [1.165, 1.54) is 0 Å². The third kappa shape index (κ3) is 2.53. The highest BCUT2D eigenvalue weighted by molar-refractivity contribution is 6.17. The molecule has 7 heteroatoms. The molecule has 0 unspecified atom stereocenters. The van der Waals surface area contributed by atoms with Gasteiger partial charge in [0.1, 0.15) is 5.76 Å². The van der Waals surface area contributed by atoms with Gasteiger partial charge in [0.15, 0.2) is 5.76 Å². The van der Waals surface area contributed by atoms with Gasteiger partial charge < -0.3 is 8.83 Å². The topological polar surface area (TPSA) is 81.2 Å². The second kappa shape index (κ2) is 5.22. The zero-order valence-corrected chi connectivity index (χ0v) is 10.7. The fourth-order valence-electron chi connectivity index (χ4n) is 1.37. The summed E-state index contributed by atoms with van der Waals surface area (Å²) >= 11 is 5.70. The van der Waals surface area contributed by atoms with Crippen LogP contribution in [-0.4, -0.2) is 16.1 Å². The van der Waals surface area contributed by atoms with E-state index >= 15 is 0 Å². The van der Waals surface area contributed by atoms with E-state index in [1.54, 1.807) is 13.0 Å². The van der Waals surface area contributed by atoms with Crippen molar-refractivity contribution in [2.45, 2.75) is 26.1 Å². The number of hydrogen-bond acceptors (Lipinski definition) is 5. The lowest BCUT2D eigenvalue weighted by Gasteiger charge is -1.95. The number of nitrogens with zero attached hydrogens (tertiary/aromatic N) is 2. The van der Waals surface area contributed by atoms with Gasteiger partial charge in [-0.1, -0.05) is 12.0 Å². The number of aromatic nitrogens is 2. The minimum absolute atomic E-state index is 0.0540. The molecule has 0 spiro atoms. The second-order valence-electron chi connectivity index (χ2n) is 3.63. The molecule has 1 N–H and O–H groups in total. The van der Waals surface area contributed by atoms with Gasteiger partial charge in [-0.05, 0) is 13.0 Å². The molecule has 96 valence electrons. The highest BCUT2D eigenvalue weighted by Crippen LogP contribution is 2.17. The Kier molecular flexibility index (Phi) is 3.66. The van der Waals surface area contributed by atoms with Crippen LogP contribution in [0.1, 0.15) is 34.7 Å². The van der Waals surface area contributed by atoms with Gasteiger partial charge in [0.25, 0.3) is 5.91 Å². The predicted octanol–water partition coefficient (Wildman–Crippen LogP) is 2.52. The summed E-state index contributed by atoms with van der Waals surface area (Å²) in [6.07, 6.45) is 0.610. The van der Waals surface area contributed by atoms with E-state index in [2.05, 4.69) is 15.5 Å². The summed E-state index contributed by atoms with van der Waals surface area (Å²) in [7, 11) is 0. The van der Waals surface area contributed by atoms with Crippen LogP contribution in [0.2, 0.25) is 0 Å². The summed E-state index contributed by atoms with van der Waals surface area (Å²) in [5.74, 6) is 1.10. The van der Waals surface area contributed by atoms with E-state index < -0.39 is 5.91 Å². The van der Waals surface area contributed by atoms with Gasteiger partial charge in [-0.3, -0.25) is 10.1 Å². The van der Waals surface area contributed by atoms with E-state index in [1.807, 2.05) is 6.92 Å². The number of amides is 1. The van der Waals surface area contributed by atoms with Crippen molar-refractivity contribution in [3.8, 4) is 0 Å². The molecule has 0 aliphatic rings. The number of rotatable bonds is 4. The molecule has 0 fully saturated rings. The lowest BCUT2D eigenvalue weighted by atomic mass is 10.3. The van der Waals surface area contributed by atoms with Gasteiger partial charge >= 0.3 is 6.01 Å². The molecule has 0 radical (unpaired) electrons. The molecule has 0 saturated carbocycles. The maximum absolute atomic E-state index is 11.8. The van der Waals surface area contributed by atoms with Crippen LogP contribution in [0.15, 0.2) is 14.9 Å². The van der Waals surface area contributed by atoms with Crippen LogP contribution in [0.3, 0.4) is 0 Å². The molecule has 2 aromatic heterocycles.